The third-order valence-corrected chi connectivity index (χ3v) is 5.63. The molecule has 1 saturated heterocycles. The number of fused-ring (bicyclic) bond motifs is 1. The minimum absolute atomic E-state index is 0. The second-order valence-corrected chi connectivity index (χ2v) is 7.68. The maximum Gasteiger partial charge on any atom is 0.573 e. The summed E-state index contributed by atoms with van der Waals surface area (Å²) in [5, 5.41) is 0.364. The highest BCUT2D eigenvalue weighted by atomic mass is 35.5. The number of anilines is 1. The molecule has 1 amide bonds. The Hall–Kier alpha value is -2.54. The van der Waals surface area contributed by atoms with Gasteiger partial charge in [-0.15, -0.1) is 25.6 Å². The van der Waals surface area contributed by atoms with Gasteiger partial charge in [-0.2, -0.15) is 0 Å². The van der Waals surface area contributed by atoms with Gasteiger partial charge < -0.3 is 9.47 Å². The van der Waals surface area contributed by atoms with Gasteiger partial charge in [0.25, 0.3) is 5.91 Å². The van der Waals surface area contributed by atoms with E-state index in [0.717, 1.165) is 24.4 Å². The van der Waals surface area contributed by atoms with Crippen LogP contribution in [0.3, 0.4) is 0 Å². The van der Waals surface area contributed by atoms with E-state index in [1.807, 2.05) is 0 Å². The van der Waals surface area contributed by atoms with Crippen molar-refractivity contribution in [3.63, 3.8) is 0 Å². The highest BCUT2D eigenvalue weighted by molar-refractivity contribution is 7.22. The molecule has 0 bridgehead atoms. The fourth-order valence-electron chi connectivity index (χ4n) is 3.10. The smallest absolute Gasteiger partial charge is 0.406 e. The number of morpholine rings is 1. The molecule has 2 aromatic heterocycles. The van der Waals surface area contributed by atoms with Crippen LogP contribution in [0.4, 0.5) is 18.3 Å². The minimum Gasteiger partial charge on any atom is -0.406 e. The van der Waals surface area contributed by atoms with Crippen LogP contribution in [-0.2, 0) is 4.74 Å². The van der Waals surface area contributed by atoms with Crippen LogP contribution in [0.15, 0.2) is 36.8 Å². The average Bonchev–Trinajstić information content (AvgIpc) is 3.17. The lowest BCUT2D eigenvalue weighted by molar-refractivity contribution is -0.274. The Labute approximate surface area is 191 Å². The number of benzene rings is 1. The van der Waals surface area contributed by atoms with E-state index in [0.29, 0.717) is 41.7 Å². The molecule has 0 aliphatic carbocycles. The number of rotatable bonds is 6. The zero-order valence-electron chi connectivity index (χ0n) is 16.6. The minimum atomic E-state index is -4.78. The van der Waals surface area contributed by atoms with Gasteiger partial charge in [0.2, 0.25) is 0 Å². The second-order valence-electron chi connectivity index (χ2n) is 6.68. The SMILES string of the molecule is Cl.O=C(c1cnccn1)N(CCN1CCOCC1)c1nc2ccc(OC(F)(F)F)cc2s1. The molecule has 1 aromatic carbocycles. The number of alkyl halides is 3. The fraction of sp³-hybridized carbons (Fsp3) is 0.368. The second kappa shape index (κ2) is 10.4. The molecule has 0 unspecified atom stereocenters. The number of ether oxygens (including phenoxy) is 2. The van der Waals surface area contributed by atoms with Crippen molar-refractivity contribution in [2.75, 3.05) is 44.3 Å². The number of carbonyl (C=O) groups is 1. The Morgan fingerprint density at radius 2 is 2.03 bits per heavy atom. The van der Waals surface area contributed by atoms with Gasteiger partial charge in [0.15, 0.2) is 5.13 Å². The van der Waals surface area contributed by atoms with E-state index in [9.17, 15) is 18.0 Å². The van der Waals surface area contributed by atoms with Crippen molar-refractivity contribution < 1.29 is 27.4 Å². The molecule has 0 spiro atoms. The third-order valence-electron chi connectivity index (χ3n) is 4.58. The van der Waals surface area contributed by atoms with Crippen molar-refractivity contribution in [1.82, 2.24) is 19.9 Å². The molecular formula is C19H19ClF3N5O3S. The summed E-state index contributed by atoms with van der Waals surface area (Å²) in [4.78, 5) is 29.2. The lowest BCUT2D eigenvalue weighted by Crippen LogP contribution is -2.43. The number of halogens is 4. The Bertz CT molecular complexity index is 1050. The molecule has 1 aliphatic rings. The number of carbonyl (C=O) groups excluding carboxylic acids is 1. The van der Waals surface area contributed by atoms with E-state index in [-0.39, 0.29) is 29.8 Å². The van der Waals surface area contributed by atoms with E-state index < -0.39 is 6.36 Å². The summed E-state index contributed by atoms with van der Waals surface area (Å²) in [5.41, 5.74) is 0.627. The third kappa shape index (κ3) is 6.03. The van der Waals surface area contributed by atoms with Crippen molar-refractivity contribution in [3.05, 3.63) is 42.5 Å². The number of amides is 1. The maximum atomic E-state index is 13.1. The number of nitrogens with zero attached hydrogens (tertiary/aromatic N) is 5. The van der Waals surface area contributed by atoms with Crippen molar-refractivity contribution in [2.45, 2.75) is 6.36 Å². The zero-order chi connectivity index (χ0) is 21.8. The van der Waals surface area contributed by atoms with Gasteiger partial charge in [-0.1, -0.05) is 11.3 Å². The van der Waals surface area contributed by atoms with Gasteiger partial charge in [0.1, 0.15) is 11.4 Å². The maximum absolute atomic E-state index is 13.1. The van der Waals surface area contributed by atoms with Crippen LogP contribution in [0.25, 0.3) is 10.2 Å². The number of hydrogen-bond acceptors (Lipinski definition) is 8. The number of thiazole rings is 1. The standard InChI is InChI=1S/C19H18F3N5O3S.ClH/c20-19(21,22)30-13-1-2-14-16(11-13)31-18(25-14)27(6-5-26-7-9-29-10-8-26)17(28)15-12-23-3-4-24-15;/h1-4,11-12H,5-10H2;1H. The number of hydrogen-bond donors (Lipinski definition) is 0. The predicted molar refractivity (Wildman–Crippen MR) is 115 cm³/mol. The van der Waals surface area contributed by atoms with Gasteiger partial charge in [0, 0.05) is 44.6 Å². The molecule has 3 heterocycles. The van der Waals surface area contributed by atoms with Crippen molar-refractivity contribution in [1.29, 1.82) is 0 Å². The molecule has 32 heavy (non-hydrogen) atoms. The van der Waals surface area contributed by atoms with Crippen LogP contribution in [0, 0.1) is 0 Å². The molecule has 0 atom stereocenters. The van der Waals surface area contributed by atoms with E-state index in [4.69, 9.17) is 4.74 Å². The molecule has 0 radical (unpaired) electrons. The van der Waals surface area contributed by atoms with E-state index >= 15 is 0 Å². The quantitative estimate of drug-likeness (QED) is 0.525. The summed E-state index contributed by atoms with van der Waals surface area (Å²) in [6, 6.07) is 3.89. The fourth-order valence-corrected chi connectivity index (χ4v) is 4.12. The summed E-state index contributed by atoms with van der Waals surface area (Å²) < 4.78 is 47.4. The largest absolute Gasteiger partial charge is 0.573 e. The van der Waals surface area contributed by atoms with Gasteiger partial charge in [-0.05, 0) is 12.1 Å². The molecule has 13 heteroatoms. The van der Waals surface area contributed by atoms with Gasteiger partial charge in [-0.25, -0.2) is 9.97 Å². The van der Waals surface area contributed by atoms with Crippen LogP contribution >= 0.6 is 23.7 Å². The Balaban J connectivity index is 0.00000289. The number of aromatic nitrogens is 3. The first-order valence-corrected chi connectivity index (χ1v) is 10.2. The summed E-state index contributed by atoms with van der Waals surface area (Å²) in [6.45, 7) is 3.69. The lowest BCUT2D eigenvalue weighted by atomic mass is 10.3. The molecule has 0 N–H and O–H groups in total. The van der Waals surface area contributed by atoms with Crippen molar-refractivity contribution in [3.8, 4) is 5.75 Å². The molecule has 4 rings (SSSR count). The molecule has 8 nitrogen and oxygen atoms in total. The Kier molecular flexibility index (Phi) is 7.82. The van der Waals surface area contributed by atoms with Crippen molar-refractivity contribution in [2.24, 2.45) is 0 Å². The normalized spacial score (nSPS) is 14.7. The van der Waals surface area contributed by atoms with Crippen LogP contribution < -0.4 is 9.64 Å². The summed E-state index contributed by atoms with van der Waals surface area (Å²) in [7, 11) is 0. The van der Waals surface area contributed by atoms with Crippen LogP contribution in [0.2, 0.25) is 0 Å². The average molecular weight is 490 g/mol. The van der Waals surface area contributed by atoms with Crippen molar-refractivity contribution >= 4 is 45.0 Å². The van der Waals surface area contributed by atoms with E-state index in [1.54, 1.807) is 0 Å². The van der Waals surface area contributed by atoms with Gasteiger partial charge in [-0.3, -0.25) is 19.6 Å². The van der Waals surface area contributed by atoms with Crippen LogP contribution in [-0.4, -0.2) is 71.5 Å². The zero-order valence-corrected chi connectivity index (χ0v) is 18.3. The molecule has 1 fully saturated rings. The van der Waals surface area contributed by atoms with E-state index in [2.05, 4.69) is 24.6 Å². The van der Waals surface area contributed by atoms with Crippen LogP contribution in [0.5, 0.6) is 5.75 Å². The lowest BCUT2D eigenvalue weighted by Gasteiger charge is -2.29. The Morgan fingerprint density at radius 1 is 1.25 bits per heavy atom. The van der Waals surface area contributed by atoms with Crippen LogP contribution in [0.1, 0.15) is 10.5 Å². The first-order valence-electron chi connectivity index (χ1n) is 9.43. The predicted octanol–water partition coefficient (Wildman–Crippen LogP) is 3.39. The molecular weight excluding hydrogens is 471 g/mol. The first kappa shape index (κ1) is 24.1. The summed E-state index contributed by atoms with van der Waals surface area (Å²) >= 11 is 1.11. The van der Waals surface area contributed by atoms with Gasteiger partial charge >= 0.3 is 6.36 Å². The topological polar surface area (TPSA) is 80.7 Å². The molecule has 172 valence electrons. The molecule has 3 aromatic rings. The first-order chi connectivity index (χ1) is 14.9. The molecule has 1 aliphatic heterocycles. The highest BCUT2D eigenvalue weighted by Crippen LogP contribution is 2.33. The summed E-state index contributed by atoms with van der Waals surface area (Å²) in [5.74, 6) is -0.720. The Morgan fingerprint density at radius 3 is 2.72 bits per heavy atom. The van der Waals surface area contributed by atoms with E-state index in [1.165, 1.54) is 41.7 Å². The monoisotopic (exact) mass is 489 g/mol. The van der Waals surface area contributed by atoms with Gasteiger partial charge in [0.05, 0.1) is 29.6 Å². The highest BCUT2D eigenvalue weighted by Gasteiger charge is 2.31. The summed E-state index contributed by atoms with van der Waals surface area (Å²) in [6.07, 6.45) is -0.527. The molecule has 0 saturated carbocycles.